The van der Waals surface area contributed by atoms with E-state index in [1.54, 1.807) is 13.0 Å². The lowest BCUT2D eigenvalue weighted by Gasteiger charge is -2.33. The van der Waals surface area contributed by atoms with Crippen molar-refractivity contribution in [1.82, 2.24) is 9.62 Å². The fourth-order valence-electron chi connectivity index (χ4n) is 2.51. The van der Waals surface area contributed by atoms with Gasteiger partial charge in [0.25, 0.3) is 0 Å². The number of rotatable bonds is 4. The molecule has 1 aliphatic heterocycles. The molecule has 0 amide bonds. The molecule has 1 atom stereocenters. The van der Waals surface area contributed by atoms with Crippen LogP contribution in [0, 0.1) is 5.82 Å². The van der Waals surface area contributed by atoms with E-state index in [4.69, 9.17) is 0 Å². The topological polar surface area (TPSA) is 49.4 Å². The lowest BCUT2D eigenvalue weighted by Crippen LogP contribution is -2.48. The highest BCUT2D eigenvalue weighted by Gasteiger charge is 2.32. The van der Waals surface area contributed by atoms with Crippen molar-refractivity contribution in [2.75, 3.05) is 19.6 Å². The van der Waals surface area contributed by atoms with Crippen molar-refractivity contribution in [3.05, 3.63) is 28.5 Å². The summed E-state index contributed by atoms with van der Waals surface area (Å²) in [5.74, 6) is -0.721. The van der Waals surface area contributed by atoms with E-state index >= 15 is 0 Å². The van der Waals surface area contributed by atoms with E-state index in [2.05, 4.69) is 21.2 Å². The zero-order valence-corrected chi connectivity index (χ0v) is 13.7. The van der Waals surface area contributed by atoms with Crippen molar-refractivity contribution in [3.8, 4) is 0 Å². The molecular formula is C13H18BrFN2O2S. The Hall–Kier alpha value is -0.500. The Labute approximate surface area is 127 Å². The van der Waals surface area contributed by atoms with Crippen LogP contribution >= 0.6 is 15.9 Å². The normalized spacial score (nSPS) is 20.3. The average Bonchev–Trinajstić information content (AvgIpc) is 2.40. The van der Waals surface area contributed by atoms with Crippen LogP contribution in [0.25, 0.3) is 0 Å². The van der Waals surface area contributed by atoms with Crippen LogP contribution in [0.3, 0.4) is 0 Å². The lowest BCUT2D eigenvalue weighted by atomic mass is 10.1. The lowest BCUT2D eigenvalue weighted by molar-refractivity contribution is 0.273. The second kappa shape index (κ2) is 6.51. The van der Waals surface area contributed by atoms with Gasteiger partial charge in [0.05, 0.1) is 0 Å². The van der Waals surface area contributed by atoms with E-state index in [0.717, 1.165) is 19.4 Å². The van der Waals surface area contributed by atoms with Crippen molar-refractivity contribution >= 4 is 26.0 Å². The molecule has 0 saturated carbocycles. The molecule has 7 heteroatoms. The van der Waals surface area contributed by atoms with Gasteiger partial charge in [0.15, 0.2) is 0 Å². The van der Waals surface area contributed by atoms with Gasteiger partial charge in [0.1, 0.15) is 10.7 Å². The quantitative estimate of drug-likeness (QED) is 0.891. The molecule has 1 saturated heterocycles. The monoisotopic (exact) mass is 364 g/mol. The first-order valence-corrected chi connectivity index (χ1v) is 8.87. The summed E-state index contributed by atoms with van der Waals surface area (Å²) in [4.78, 5) is -0.256. The van der Waals surface area contributed by atoms with Crippen LogP contribution in [0.1, 0.15) is 19.8 Å². The number of hydrogen-bond acceptors (Lipinski definition) is 3. The molecular weight excluding hydrogens is 347 g/mol. The Morgan fingerprint density at radius 3 is 2.80 bits per heavy atom. The van der Waals surface area contributed by atoms with Crippen LogP contribution in [0.5, 0.6) is 0 Å². The van der Waals surface area contributed by atoms with Crippen molar-refractivity contribution in [1.29, 1.82) is 0 Å². The fourth-order valence-corrected chi connectivity index (χ4v) is 4.56. The zero-order chi connectivity index (χ0) is 14.8. The Morgan fingerprint density at radius 2 is 2.25 bits per heavy atom. The maximum atomic E-state index is 14.0. The highest BCUT2D eigenvalue weighted by Crippen LogP contribution is 2.25. The second-order valence-electron chi connectivity index (χ2n) is 4.78. The summed E-state index contributed by atoms with van der Waals surface area (Å²) in [5.41, 5.74) is 0. The minimum Gasteiger partial charge on any atom is -0.315 e. The number of sulfonamides is 1. The van der Waals surface area contributed by atoms with Crippen molar-refractivity contribution in [3.63, 3.8) is 0 Å². The first-order valence-electron chi connectivity index (χ1n) is 6.64. The summed E-state index contributed by atoms with van der Waals surface area (Å²) in [6.45, 7) is 3.64. The van der Waals surface area contributed by atoms with Crippen LogP contribution in [0.15, 0.2) is 27.6 Å². The van der Waals surface area contributed by atoms with Gasteiger partial charge in [-0.15, -0.1) is 0 Å². The summed E-state index contributed by atoms with van der Waals surface area (Å²) in [5, 5.41) is 3.19. The van der Waals surface area contributed by atoms with Crippen molar-refractivity contribution in [2.24, 2.45) is 0 Å². The van der Waals surface area contributed by atoms with Crippen LogP contribution in [-0.4, -0.2) is 38.4 Å². The molecule has 1 aromatic carbocycles. The molecule has 0 aromatic heterocycles. The zero-order valence-electron chi connectivity index (χ0n) is 11.3. The number of benzene rings is 1. The molecule has 1 aliphatic rings. The number of halogens is 2. The molecule has 1 heterocycles. The van der Waals surface area contributed by atoms with Gasteiger partial charge < -0.3 is 5.32 Å². The van der Waals surface area contributed by atoms with Crippen molar-refractivity contribution < 1.29 is 12.8 Å². The summed E-state index contributed by atoms with van der Waals surface area (Å²) in [7, 11) is -3.80. The molecule has 1 N–H and O–H groups in total. The molecule has 0 radical (unpaired) electrons. The molecule has 1 fully saturated rings. The first kappa shape index (κ1) is 15.9. The van der Waals surface area contributed by atoms with E-state index < -0.39 is 15.8 Å². The van der Waals surface area contributed by atoms with E-state index in [0.29, 0.717) is 17.6 Å². The molecule has 4 nitrogen and oxygen atoms in total. The predicted molar refractivity (Wildman–Crippen MR) is 79.6 cm³/mol. The number of nitrogens with zero attached hydrogens (tertiary/aromatic N) is 1. The standard InChI is InChI=1S/C13H18BrFN2O2S/c1-2-17(11-4-3-7-16-9-11)20(18,19)13-6-5-10(14)8-12(13)15/h5-6,8,11,16H,2-4,7,9H2,1H3. The van der Waals surface area contributed by atoms with E-state index in [1.807, 2.05) is 0 Å². The highest BCUT2D eigenvalue weighted by atomic mass is 79.9. The van der Waals surface area contributed by atoms with Gasteiger partial charge in [-0.3, -0.25) is 0 Å². The predicted octanol–water partition coefficient (Wildman–Crippen LogP) is 2.35. The molecule has 20 heavy (non-hydrogen) atoms. The largest absolute Gasteiger partial charge is 0.315 e. The summed E-state index contributed by atoms with van der Waals surface area (Å²) < 4.78 is 41.2. The minimum absolute atomic E-state index is 0.109. The SMILES string of the molecule is CCN(C1CCCNC1)S(=O)(=O)c1ccc(Br)cc1F. The Kier molecular flexibility index (Phi) is 5.17. The molecule has 0 spiro atoms. The number of likely N-dealkylation sites (N-methyl/N-ethyl adjacent to an activating group) is 1. The van der Waals surface area contributed by atoms with Gasteiger partial charge in [0, 0.05) is 23.6 Å². The van der Waals surface area contributed by atoms with Gasteiger partial charge in [-0.2, -0.15) is 4.31 Å². The summed E-state index contributed by atoms with van der Waals surface area (Å²) in [6, 6.07) is 3.93. The van der Waals surface area contributed by atoms with Gasteiger partial charge in [-0.25, -0.2) is 12.8 Å². The fraction of sp³-hybridized carbons (Fsp3) is 0.538. The second-order valence-corrected chi connectivity index (χ2v) is 7.56. The smallest absolute Gasteiger partial charge is 0.246 e. The van der Waals surface area contributed by atoms with Gasteiger partial charge in [-0.05, 0) is 37.6 Å². The maximum absolute atomic E-state index is 14.0. The van der Waals surface area contributed by atoms with Gasteiger partial charge in [-0.1, -0.05) is 22.9 Å². The number of piperidine rings is 1. The third-order valence-electron chi connectivity index (χ3n) is 3.47. The van der Waals surface area contributed by atoms with Crippen LogP contribution in [-0.2, 0) is 10.0 Å². The molecule has 0 bridgehead atoms. The molecule has 112 valence electrons. The van der Waals surface area contributed by atoms with Crippen LogP contribution < -0.4 is 5.32 Å². The third-order valence-corrected chi connectivity index (χ3v) is 6.02. The third kappa shape index (κ3) is 3.21. The number of hydrogen-bond donors (Lipinski definition) is 1. The maximum Gasteiger partial charge on any atom is 0.246 e. The Morgan fingerprint density at radius 1 is 1.50 bits per heavy atom. The summed E-state index contributed by atoms with van der Waals surface area (Å²) >= 11 is 3.14. The Balaban J connectivity index is 2.35. The highest BCUT2D eigenvalue weighted by molar-refractivity contribution is 9.10. The van der Waals surface area contributed by atoms with E-state index in [9.17, 15) is 12.8 Å². The van der Waals surface area contributed by atoms with Crippen LogP contribution in [0.2, 0.25) is 0 Å². The van der Waals surface area contributed by atoms with Gasteiger partial charge >= 0.3 is 0 Å². The minimum atomic E-state index is -3.80. The molecule has 1 unspecified atom stereocenters. The van der Waals surface area contributed by atoms with Gasteiger partial charge in [0.2, 0.25) is 10.0 Å². The Bertz CT molecular complexity index is 574. The molecule has 2 rings (SSSR count). The van der Waals surface area contributed by atoms with E-state index in [1.165, 1.54) is 16.4 Å². The number of nitrogens with one attached hydrogen (secondary N) is 1. The molecule has 0 aliphatic carbocycles. The average molecular weight is 365 g/mol. The summed E-state index contributed by atoms with van der Waals surface area (Å²) in [6.07, 6.45) is 1.73. The molecule has 1 aromatic rings. The van der Waals surface area contributed by atoms with Crippen molar-refractivity contribution in [2.45, 2.75) is 30.7 Å². The van der Waals surface area contributed by atoms with Crippen LogP contribution in [0.4, 0.5) is 4.39 Å². The first-order chi connectivity index (χ1) is 9.46. The van der Waals surface area contributed by atoms with E-state index in [-0.39, 0.29) is 10.9 Å².